The summed E-state index contributed by atoms with van der Waals surface area (Å²) < 4.78 is 9.61. The number of phenolic OH excluding ortho intramolecular Hbond substituents is 1. The zero-order chi connectivity index (χ0) is 15.8. The normalized spacial score (nSPS) is 15.7. The first-order chi connectivity index (χ1) is 9.87. The Morgan fingerprint density at radius 1 is 1.14 bits per heavy atom. The Labute approximate surface area is 123 Å². The van der Waals surface area contributed by atoms with Crippen molar-refractivity contribution in [3.8, 4) is 5.75 Å². The summed E-state index contributed by atoms with van der Waals surface area (Å²) in [6.45, 7) is 3.57. The lowest BCUT2D eigenvalue weighted by Crippen LogP contribution is -2.43. The van der Waals surface area contributed by atoms with Crippen LogP contribution in [0.15, 0.2) is 18.2 Å². The number of fused-ring (bicyclic) bond motifs is 1. The minimum Gasteiger partial charge on any atom is -0.508 e. The molecule has 0 fully saturated rings. The average molecular weight is 290 g/mol. The molecule has 0 heterocycles. The Morgan fingerprint density at radius 2 is 1.71 bits per heavy atom. The van der Waals surface area contributed by atoms with E-state index >= 15 is 0 Å². The van der Waals surface area contributed by atoms with Crippen LogP contribution in [0.2, 0.25) is 0 Å². The molecular formula is C16H18O5. The SMILES string of the molecule is COC(=O)C1(C(=O)OC)C=C(C)c2ccc(O)c(C)c2C1. The minimum absolute atomic E-state index is 0.110. The topological polar surface area (TPSA) is 72.8 Å². The average Bonchev–Trinajstić information content (AvgIpc) is 2.49. The monoisotopic (exact) mass is 290 g/mol. The molecule has 0 atom stereocenters. The standard InChI is InChI=1S/C16H18O5/c1-9-7-16(14(18)20-3,15(19)21-4)8-12-10(2)13(17)6-5-11(9)12/h5-7,17H,8H2,1-4H3. The predicted octanol–water partition coefficient (Wildman–Crippen LogP) is 1.99. The molecule has 1 aliphatic rings. The van der Waals surface area contributed by atoms with Crippen molar-refractivity contribution < 1.29 is 24.2 Å². The van der Waals surface area contributed by atoms with Crippen LogP contribution in [0.1, 0.15) is 23.6 Å². The third-order valence-corrected chi connectivity index (χ3v) is 4.01. The molecule has 5 heteroatoms. The largest absolute Gasteiger partial charge is 0.508 e. The maximum Gasteiger partial charge on any atom is 0.327 e. The highest BCUT2D eigenvalue weighted by Crippen LogP contribution is 2.41. The summed E-state index contributed by atoms with van der Waals surface area (Å²) in [6.07, 6.45) is 1.70. The van der Waals surface area contributed by atoms with Crippen LogP contribution in [0, 0.1) is 12.3 Å². The highest BCUT2D eigenvalue weighted by molar-refractivity contribution is 6.05. The fourth-order valence-electron chi connectivity index (χ4n) is 2.83. The molecule has 0 aromatic heterocycles. The van der Waals surface area contributed by atoms with Crippen LogP contribution < -0.4 is 0 Å². The van der Waals surface area contributed by atoms with E-state index in [0.717, 1.165) is 16.7 Å². The van der Waals surface area contributed by atoms with E-state index in [-0.39, 0.29) is 12.2 Å². The van der Waals surface area contributed by atoms with E-state index < -0.39 is 17.4 Å². The molecule has 0 amide bonds. The molecule has 2 rings (SSSR count). The first-order valence-electron chi connectivity index (χ1n) is 6.55. The molecule has 5 nitrogen and oxygen atoms in total. The van der Waals surface area contributed by atoms with E-state index in [9.17, 15) is 14.7 Å². The number of phenols is 1. The third-order valence-electron chi connectivity index (χ3n) is 4.01. The van der Waals surface area contributed by atoms with Crippen molar-refractivity contribution in [1.29, 1.82) is 0 Å². The summed E-state index contributed by atoms with van der Waals surface area (Å²) in [5.74, 6) is -1.20. The van der Waals surface area contributed by atoms with Crippen LogP contribution in [0.5, 0.6) is 5.75 Å². The number of benzene rings is 1. The first-order valence-corrected chi connectivity index (χ1v) is 6.55. The third kappa shape index (κ3) is 2.18. The van der Waals surface area contributed by atoms with Gasteiger partial charge >= 0.3 is 11.9 Å². The smallest absolute Gasteiger partial charge is 0.327 e. The lowest BCUT2D eigenvalue weighted by atomic mass is 9.72. The van der Waals surface area contributed by atoms with Gasteiger partial charge in [0.05, 0.1) is 14.2 Å². The molecular weight excluding hydrogens is 272 g/mol. The molecule has 0 spiro atoms. The molecule has 21 heavy (non-hydrogen) atoms. The summed E-state index contributed by atoms with van der Waals surface area (Å²) in [7, 11) is 2.47. The summed E-state index contributed by atoms with van der Waals surface area (Å²) in [5.41, 5.74) is 1.59. The molecule has 0 bridgehead atoms. The van der Waals surface area contributed by atoms with E-state index in [1.54, 1.807) is 25.1 Å². The summed E-state index contributed by atoms with van der Waals surface area (Å²) in [6, 6.07) is 3.39. The lowest BCUT2D eigenvalue weighted by molar-refractivity contribution is -0.165. The summed E-state index contributed by atoms with van der Waals surface area (Å²) >= 11 is 0. The zero-order valence-electron chi connectivity index (χ0n) is 12.5. The second-order valence-corrected chi connectivity index (χ2v) is 5.19. The van der Waals surface area contributed by atoms with E-state index in [1.807, 2.05) is 6.92 Å². The number of ether oxygens (including phenoxy) is 2. The predicted molar refractivity (Wildman–Crippen MR) is 76.7 cm³/mol. The fraction of sp³-hybridized carbons (Fsp3) is 0.375. The number of hydrogen-bond acceptors (Lipinski definition) is 5. The van der Waals surface area contributed by atoms with Gasteiger partial charge in [0.2, 0.25) is 0 Å². The molecule has 1 N–H and O–H groups in total. The van der Waals surface area contributed by atoms with Crippen LogP contribution in [-0.2, 0) is 25.5 Å². The maximum atomic E-state index is 12.2. The van der Waals surface area contributed by atoms with Crippen LogP contribution >= 0.6 is 0 Å². The highest BCUT2D eigenvalue weighted by Gasteiger charge is 2.49. The van der Waals surface area contributed by atoms with Gasteiger partial charge in [-0.2, -0.15) is 0 Å². The van der Waals surface area contributed by atoms with Crippen molar-refractivity contribution in [3.05, 3.63) is 34.9 Å². The first kappa shape index (κ1) is 15.1. The Hall–Kier alpha value is -2.30. The number of carbonyl (C=O) groups excluding carboxylic acids is 2. The van der Waals surface area contributed by atoms with E-state index in [1.165, 1.54) is 14.2 Å². The van der Waals surface area contributed by atoms with Crippen molar-refractivity contribution in [2.75, 3.05) is 14.2 Å². The Balaban J connectivity index is 2.69. The second kappa shape index (κ2) is 5.24. The van der Waals surface area contributed by atoms with Crippen molar-refractivity contribution >= 4 is 17.5 Å². The Bertz CT molecular complexity index is 626. The summed E-state index contributed by atoms with van der Waals surface area (Å²) in [4.78, 5) is 24.4. The Morgan fingerprint density at radius 3 is 2.24 bits per heavy atom. The van der Waals surface area contributed by atoms with Crippen LogP contribution in [-0.4, -0.2) is 31.3 Å². The van der Waals surface area contributed by atoms with Gasteiger partial charge in [-0.25, -0.2) is 0 Å². The molecule has 112 valence electrons. The van der Waals surface area contributed by atoms with Crippen LogP contribution in [0.4, 0.5) is 0 Å². The lowest BCUT2D eigenvalue weighted by Gasteiger charge is -2.31. The van der Waals surface area contributed by atoms with Gasteiger partial charge < -0.3 is 14.6 Å². The van der Waals surface area contributed by atoms with Crippen molar-refractivity contribution in [1.82, 2.24) is 0 Å². The van der Waals surface area contributed by atoms with E-state index in [0.29, 0.717) is 5.56 Å². The molecule has 1 aromatic rings. The van der Waals surface area contributed by atoms with Gasteiger partial charge in [-0.1, -0.05) is 12.1 Å². The van der Waals surface area contributed by atoms with Crippen molar-refractivity contribution in [3.63, 3.8) is 0 Å². The quantitative estimate of drug-likeness (QED) is 0.666. The number of hydrogen-bond donors (Lipinski definition) is 1. The minimum atomic E-state index is -1.50. The van der Waals surface area contributed by atoms with Crippen LogP contribution in [0.25, 0.3) is 5.57 Å². The molecule has 0 radical (unpaired) electrons. The second-order valence-electron chi connectivity index (χ2n) is 5.19. The van der Waals surface area contributed by atoms with E-state index in [2.05, 4.69) is 0 Å². The number of methoxy groups -OCH3 is 2. The van der Waals surface area contributed by atoms with Gasteiger partial charge in [0.15, 0.2) is 5.41 Å². The van der Waals surface area contributed by atoms with Crippen LogP contribution in [0.3, 0.4) is 0 Å². The van der Waals surface area contributed by atoms with Gasteiger partial charge in [-0.05, 0) is 42.2 Å². The van der Waals surface area contributed by atoms with Gasteiger partial charge in [0.1, 0.15) is 5.75 Å². The van der Waals surface area contributed by atoms with Crippen molar-refractivity contribution in [2.45, 2.75) is 20.3 Å². The summed E-state index contributed by atoms with van der Waals surface area (Å²) in [5, 5.41) is 9.87. The molecule has 0 aliphatic heterocycles. The molecule has 1 aliphatic carbocycles. The van der Waals surface area contributed by atoms with Gasteiger partial charge in [0.25, 0.3) is 0 Å². The number of rotatable bonds is 2. The fourth-order valence-corrected chi connectivity index (χ4v) is 2.83. The van der Waals surface area contributed by atoms with Crippen molar-refractivity contribution in [2.24, 2.45) is 5.41 Å². The number of allylic oxidation sites excluding steroid dienone is 1. The van der Waals surface area contributed by atoms with Gasteiger partial charge in [-0.15, -0.1) is 0 Å². The Kier molecular flexibility index (Phi) is 3.77. The molecule has 0 unspecified atom stereocenters. The maximum absolute atomic E-state index is 12.2. The molecule has 0 saturated heterocycles. The van der Waals surface area contributed by atoms with Gasteiger partial charge in [0, 0.05) is 6.42 Å². The van der Waals surface area contributed by atoms with Gasteiger partial charge in [-0.3, -0.25) is 9.59 Å². The number of esters is 2. The molecule has 0 saturated carbocycles. The van der Waals surface area contributed by atoms with E-state index in [4.69, 9.17) is 9.47 Å². The highest BCUT2D eigenvalue weighted by atomic mass is 16.5. The number of carbonyl (C=O) groups is 2. The number of aromatic hydroxyl groups is 1. The zero-order valence-corrected chi connectivity index (χ0v) is 12.5. The molecule has 1 aromatic carbocycles.